The molecule has 0 spiro atoms. The molecule has 11 nitrogen and oxygen atoms in total. The number of piperazine rings is 1. The normalized spacial score (nSPS) is 15.0. The minimum Gasteiger partial charge on any atom is -0.464 e. The summed E-state index contributed by atoms with van der Waals surface area (Å²) in [4.78, 5) is 42.2. The average Bonchev–Trinajstić information content (AvgIpc) is 3.41. The number of carbonyl (C=O) groups is 3. The summed E-state index contributed by atoms with van der Waals surface area (Å²) in [5, 5.41) is 10.4. The van der Waals surface area contributed by atoms with Crippen LogP contribution in [-0.2, 0) is 20.8 Å². The maximum absolute atomic E-state index is 13.7. The van der Waals surface area contributed by atoms with Gasteiger partial charge in [-0.1, -0.05) is 65.9 Å². The van der Waals surface area contributed by atoms with Gasteiger partial charge < -0.3 is 19.7 Å². The van der Waals surface area contributed by atoms with Crippen LogP contribution in [0.4, 0.5) is 4.79 Å². The highest BCUT2D eigenvalue weighted by atomic mass is 16.6. The van der Waals surface area contributed by atoms with E-state index in [-0.39, 0.29) is 24.2 Å². The van der Waals surface area contributed by atoms with Crippen molar-refractivity contribution in [2.45, 2.75) is 45.0 Å². The van der Waals surface area contributed by atoms with E-state index in [1.807, 2.05) is 36.4 Å². The highest BCUT2D eigenvalue weighted by Crippen LogP contribution is 2.29. The lowest BCUT2D eigenvalue weighted by atomic mass is 9.96. The van der Waals surface area contributed by atoms with Gasteiger partial charge in [-0.25, -0.2) is 14.3 Å². The molecular weight excluding hydrogens is 512 g/mol. The van der Waals surface area contributed by atoms with Crippen molar-refractivity contribution in [3.63, 3.8) is 0 Å². The van der Waals surface area contributed by atoms with Gasteiger partial charge in [0, 0.05) is 26.2 Å². The molecule has 2 aromatic carbocycles. The van der Waals surface area contributed by atoms with E-state index in [0.29, 0.717) is 26.2 Å². The van der Waals surface area contributed by atoms with Crippen LogP contribution in [0.3, 0.4) is 0 Å². The van der Waals surface area contributed by atoms with Crippen LogP contribution < -0.4 is 5.32 Å². The van der Waals surface area contributed by atoms with Crippen molar-refractivity contribution in [2.75, 3.05) is 33.3 Å². The number of ether oxygens (including phenoxy) is 2. The van der Waals surface area contributed by atoms with Gasteiger partial charge in [-0.15, -0.1) is 5.10 Å². The number of carbonyl (C=O) groups excluding carboxylic acids is 3. The molecule has 1 N–H and O–H groups in total. The number of esters is 1. The Morgan fingerprint density at radius 2 is 1.50 bits per heavy atom. The van der Waals surface area contributed by atoms with E-state index in [1.165, 1.54) is 29.1 Å². The fraction of sp³-hybridized carbons (Fsp3) is 0.414. The maximum Gasteiger partial charge on any atom is 0.408 e. The molecule has 3 aromatic rings. The van der Waals surface area contributed by atoms with Crippen LogP contribution >= 0.6 is 0 Å². The lowest BCUT2D eigenvalue weighted by molar-refractivity contribution is -0.136. The summed E-state index contributed by atoms with van der Waals surface area (Å²) in [6.07, 6.45) is 0.663. The van der Waals surface area contributed by atoms with Crippen LogP contribution in [0.25, 0.3) is 0 Å². The largest absolute Gasteiger partial charge is 0.464 e. The first-order chi connectivity index (χ1) is 19.1. The zero-order valence-electron chi connectivity index (χ0n) is 23.3. The Labute approximate surface area is 234 Å². The lowest BCUT2D eigenvalue weighted by Crippen LogP contribution is -2.56. The molecule has 1 aliphatic heterocycles. The van der Waals surface area contributed by atoms with Gasteiger partial charge in [0.15, 0.2) is 5.69 Å². The summed E-state index contributed by atoms with van der Waals surface area (Å²) >= 11 is 0. The predicted molar refractivity (Wildman–Crippen MR) is 147 cm³/mol. The summed E-state index contributed by atoms with van der Waals surface area (Å²) in [6, 6.07) is 19.7. The number of nitrogens with zero attached hydrogens (tertiary/aromatic N) is 5. The number of methoxy groups -OCH3 is 1. The van der Waals surface area contributed by atoms with Crippen molar-refractivity contribution < 1.29 is 23.9 Å². The molecule has 0 unspecified atom stereocenters. The van der Waals surface area contributed by atoms with Crippen molar-refractivity contribution in [1.82, 2.24) is 30.1 Å². The van der Waals surface area contributed by atoms with Crippen molar-refractivity contribution in [3.05, 3.63) is 83.7 Å². The van der Waals surface area contributed by atoms with Crippen LogP contribution in [-0.4, -0.2) is 87.7 Å². The summed E-state index contributed by atoms with van der Waals surface area (Å²) in [5.74, 6) is -0.909. The molecule has 0 radical (unpaired) electrons. The first kappa shape index (κ1) is 28.8. The summed E-state index contributed by atoms with van der Waals surface area (Å²) < 4.78 is 11.4. The number of benzene rings is 2. The lowest BCUT2D eigenvalue weighted by Gasteiger charge is -2.40. The molecule has 40 heavy (non-hydrogen) atoms. The molecule has 1 aromatic heterocycles. The van der Waals surface area contributed by atoms with Crippen LogP contribution in [0.5, 0.6) is 0 Å². The standard InChI is InChI=1S/C29H36N6O5/c1-29(2,3)40-28(38)30-23(19-35-20-24(31-32-35)27(37)39-4)26(36)34-17-15-33(16-18-34)25(21-11-7-5-8-12-21)22-13-9-6-10-14-22/h5-14,20,23,25H,15-19H2,1-4H3,(H,30,38)/t23-/m0/s1. The Kier molecular flexibility index (Phi) is 9.15. The Morgan fingerprint density at radius 3 is 2.02 bits per heavy atom. The molecule has 1 atom stereocenters. The highest BCUT2D eigenvalue weighted by molar-refractivity contribution is 5.87. The Bertz CT molecular complexity index is 1240. The molecule has 212 valence electrons. The smallest absolute Gasteiger partial charge is 0.408 e. The van der Waals surface area contributed by atoms with Crippen LogP contribution in [0.1, 0.15) is 48.4 Å². The first-order valence-corrected chi connectivity index (χ1v) is 13.3. The fourth-order valence-corrected chi connectivity index (χ4v) is 4.71. The fourth-order valence-electron chi connectivity index (χ4n) is 4.71. The zero-order chi connectivity index (χ0) is 28.7. The molecule has 2 heterocycles. The van der Waals surface area contributed by atoms with E-state index in [4.69, 9.17) is 4.74 Å². The topological polar surface area (TPSA) is 119 Å². The third-order valence-corrected chi connectivity index (χ3v) is 6.51. The number of amides is 2. The van der Waals surface area contributed by atoms with Gasteiger partial charge in [-0.2, -0.15) is 0 Å². The van der Waals surface area contributed by atoms with Crippen molar-refractivity contribution in [2.24, 2.45) is 0 Å². The number of alkyl carbamates (subject to hydrolysis) is 1. The zero-order valence-corrected chi connectivity index (χ0v) is 23.3. The average molecular weight is 549 g/mol. The van der Waals surface area contributed by atoms with Crippen LogP contribution in [0, 0.1) is 0 Å². The van der Waals surface area contributed by atoms with Gasteiger partial charge in [0.2, 0.25) is 5.91 Å². The summed E-state index contributed by atoms with van der Waals surface area (Å²) in [6.45, 7) is 7.47. The van der Waals surface area contributed by atoms with Gasteiger partial charge in [0.25, 0.3) is 0 Å². The first-order valence-electron chi connectivity index (χ1n) is 13.3. The second kappa shape index (κ2) is 12.7. The molecule has 1 saturated heterocycles. The van der Waals surface area contributed by atoms with E-state index >= 15 is 0 Å². The summed E-state index contributed by atoms with van der Waals surface area (Å²) in [7, 11) is 1.25. The second-order valence-electron chi connectivity index (χ2n) is 10.6. The van der Waals surface area contributed by atoms with Gasteiger partial charge >= 0.3 is 12.1 Å². The third-order valence-electron chi connectivity index (χ3n) is 6.51. The van der Waals surface area contributed by atoms with Gasteiger partial charge in [0.1, 0.15) is 11.6 Å². The molecular formula is C29H36N6O5. The minimum absolute atomic E-state index is 0.00690. The van der Waals surface area contributed by atoms with Crippen LogP contribution in [0.2, 0.25) is 0 Å². The van der Waals surface area contributed by atoms with Gasteiger partial charge in [-0.05, 0) is 31.9 Å². The summed E-state index contributed by atoms with van der Waals surface area (Å²) in [5.41, 5.74) is 1.64. The third kappa shape index (κ3) is 7.44. The molecule has 2 amide bonds. The number of hydrogen-bond donors (Lipinski definition) is 1. The van der Waals surface area contributed by atoms with Crippen molar-refractivity contribution in [3.8, 4) is 0 Å². The monoisotopic (exact) mass is 548 g/mol. The SMILES string of the molecule is COC(=O)c1cn(C[C@H](NC(=O)OC(C)(C)C)C(=O)N2CCN(C(c3ccccc3)c3ccccc3)CC2)nn1. The molecule has 0 saturated carbocycles. The van der Waals surface area contributed by atoms with E-state index in [0.717, 1.165) is 0 Å². The molecule has 4 rings (SSSR count). The number of aromatic nitrogens is 3. The number of hydrogen-bond acceptors (Lipinski definition) is 8. The number of rotatable bonds is 8. The molecule has 0 bridgehead atoms. The predicted octanol–water partition coefficient (Wildman–Crippen LogP) is 2.89. The van der Waals surface area contributed by atoms with Gasteiger partial charge in [-0.3, -0.25) is 9.69 Å². The second-order valence-corrected chi connectivity index (χ2v) is 10.6. The van der Waals surface area contributed by atoms with E-state index in [9.17, 15) is 14.4 Å². The quantitative estimate of drug-likeness (QED) is 0.427. The van der Waals surface area contributed by atoms with E-state index in [1.54, 1.807) is 25.7 Å². The number of nitrogens with one attached hydrogen (secondary N) is 1. The van der Waals surface area contributed by atoms with Crippen molar-refractivity contribution >= 4 is 18.0 Å². The van der Waals surface area contributed by atoms with Crippen molar-refractivity contribution in [1.29, 1.82) is 0 Å². The maximum atomic E-state index is 13.7. The molecule has 1 fully saturated rings. The molecule has 0 aliphatic carbocycles. The van der Waals surface area contributed by atoms with Gasteiger partial charge in [0.05, 0.1) is 25.9 Å². The van der Waals surface area contributed by atoms with E-state index in [2.05, 4.69) is 49.5 Å². The Balaban J connectivity index is 1.49. The molecule has 11 heteroatoms. The Hall–Kier alpha value is -4.25. The minimum atomic E-state index is -0.979. The molecule has 1 aliphatic rings. The Morgan fingerprint density at radius 1 is 0.925 bits per heavy atom. The van der Waals surface area contributed by atoms with E-state index < -0.39 is 23.7 Å². The highest BCUT2D eigenvalue weighted by Gasteiger charge is 2.33. The van der Waals surface area contributed by atoms with Crippen LogP contribution in [0.15, 0.2) is 66.9 Å².